The highest BCUT2D eigenvalue weighted by atomic mass is 35.5. The lowest BCUT2D eigenvalue weighted by Gasteiger charge is -2.35. The highest BCUT2D eigenvalue weighted by Gasteiger charge is 2.18. The Balaban J connectivity index is 1.11. The molecule has 1 aliphatic heterocycles. The minimum Gasteiger partial charge on any atom is -0.369 e. The average molecular weight is 569 g/mol. The highest BCUT2D eigenvalue weighted by molar-refractivity contribution is 7.22. The Morgan fingerprint density at radius 3 is 2.41 bits per heavy atom. The smallest absolute Gasteiger partial charge is 0.275 e. The number of piperazine rings is 1. The van der Waals surface area contributed by atoms with Crippen molar-refractivity contribution in [2.45, 2.75) is 6.54 Å². The van der Waals surface area contributed by atoms with Crippen molar-refractivity contribution in [3.63, 3.8) is 0 Å². The van der Waals surface area contributed by atoms with Crippen LogP contribution in [0, 0.1) is 0 Å². The summed E-state index contributed by atoms with van der Waals surface area (Å²) in [4.78, 5) is 25.4. The maximum Gasteiger partial charge on any atom is 0.275 e. The van der Waals surface area contributed by atoms with E-state index < -0.39 is 0 Å². The molecule has 0 aliphatic carbocycles. The van der Waals surface area contributed by atoms with E-state index >= 15 is 0 Å². The Morgan fingerprint density at radius 2 is 1.62 bits per heavy atom. The first-order chi connectivity index (χ1) is 19.1. The second-order valence-corrected chi connectivity index (χ2v) is 12.4. The Kier molecular flexibility index (Phi) is 6.45. The van der Waals surface area contributed by atoms with Gasteiger partial charge in [0.15, 0.2) is 0 Å². The van der Waals surface area contributed by atoms with Crippen LogP contribution in [0.3, 0.4) is 0 Å². The molecule has 6 aromatic rings. The summed E-state index contributed by atoms with van der Waals surface area (Å²) in [7, 11) is 0. The lowest BCUT2D eigenvalue weighted by atomic mass is 10.2. The number of fused-ring (bicyclic) bond motifs is 2. The number of aromatic nitrogens is 2. The predicted molar refractivity (Wildman–Crippen MR) is 165 cm³/mol. The third-order valence-corrected chi connectivity index (χ3v) is 9.78. The van der Waals surface area contributed by atoms with Crippen molar-refractivity contribution in [1.82, 2.24) is 14.5 Å². The molecular weight excluding hydrogens is 544 g/mol. The van der Waals surface area contributed by atoms with Gasteiger partial charge in [-0.3, -0.25) is 14.3 Å². The van der Waals surface area contributed by atoms with Gasteiger partial charge in [0.05, 0.1) is 11.2 Å². The summed E-state index contributed by atoms with van der Waals surface area (Å²) in [5, 5.41) is 1.86. The van der Waals surface area contributed by atoms with Gasteiger partial charge in [0.2, 0.25) is 0 Å². The van der Waals surface area contributed by atoms with Crippen LogP contribution in [0.25, 0.3) is 36.4 Å². The van der Waals surface area contributed by atoms with E-state index in [0.717, 1.165) is 59.8 Å². The first-order valence-electron chi connectivity index (χ1n) is 12.9. The van der Waals surface area contributed by atoms with Crippen molar-refractivity contribution in [3.05, 3.63) is 112 Å². The van der Waals surface area contributed by atoms with Crippen molar-refractivity contribution in [2.75, 3.05) is 31.1 Å². The molecule has 1 aliphatic rings. The van der Waals surface area contributed by atoms with E-state index in [1.165, 1.54) is 26.6 Å². The number of rotatable bonds is 5. The first kappa shape index (κ1) is 24.5. The first-order valence-corrected chi connectivity index (χ1v) is 14.9. The molecule has 1 saturated heterocycles. The molecule has 39 heavy (non-hydrogen) atoms. The Morgan fingerprint density at radius 1 is 0.821 bits per heavy atom. The van der Waals surface area contributed by atoms with Gasteiger partial charge in [0.25, 0.3) is 5.56 Å². The molecule has 0 unspecified atom stereocenters. The second kappa shape index (κ2) is 10.2. The van der Waals surface area contributed by atoms with Crippen LogP contribution in [0.5, 0.6) is 0 Å². The summed E-state index contributed by atoms with van der Waals surface area (Å²) in [6.07, 6.45) is 1.64. The number of anilines is 1. The third-order valence-electron chi connectivity index (χ3n) is 7.27. The second-order valence-electron chi connectivity index (χ2n) is 9.79. The molecule has 4 heterocycles. The fourth-order valence-electron chi connectivity index (χ4n) is 5.19. The summed E-state index contributed by atoms with van der Waals surface area (Å²) in [6.45, 7) is 5.13. The van der Waals surface area contributed by atoms with Gasteiger partial charge in [0.1, 0.15) is 11.0 Å². The SMILES string of the molecule is O=c1c2sc(-c3ccc(Cl)cc3)cc2ncn1-c1ccc2sc(CN3CCN(c4ccccc4)CC3)cc2c1. The summed E-state index contributed by atoms with van der Waals surface area (Å²) in [5.74, 6) is 0. The zero-order chi connectivity index (χ0) is 26.3. The molecule has 1 fully saturated rings. The quantitative estimate of drug-likeness (QED) is 0.219. The zero-order valence-electron chi connectivity index (χ0n) is 21.1. The van der Waals surface area contributed by atoms with Crippen LogP contribution in [0.4, 0.5) is 5.69 Å². The molecule has 0 atom stereocenters. The average Bonchev–Trinajstić information content (AvgIpc) is 3.58. The Labute approximate surface area is 239 Å². The van der Waals surface area contributed by atoms with E-state index in [9.17, 15) is 4.79 Å². The molecule has 0 N–H and O–H groups in total. The van der Waals surface area contributed by atoms with Gasteiger partial charge in [-0.15, -0.1) is 22.7 Å². The van der Waals surface area contributed by atoms with Gasteiger partial charge in [-0.05, 0) is 65.5 Å². The van der Waals surface area contributed by atoms with Crippen molar-refractivity contribution in [1.29, 1.82) is 0 Å². The lowest BCUT2D eigenvalue weighted by Crippen LogP contribution is -2.45. The maximum atomic E-state index is 13.5. The van der Waals surface area contributed by atoms with E-state index in [1.807, 2.05) is 47.7 Å². The number of para-hydroxylation sites is 1. The zero-order valence-corrected chi connectivity index (χ0v) is 23.5. The van der Waals surface area contributed by atoms with Crippen LogP contribution in [0.1, 0.15) is 4.88 Å². The van der Waals surface area contributed by atoms with Gasteiger partial charge in [0, 0.05) is 57.9 Å². The molecule has 0 bridgehead atoms. The molecule has 3 aromatic carbocycles. The van der Waals surface area contributed by atoms with Crippen molar-refractivity contribution < 1.29 is 0 Å². The third kappa shape index (κ3) is 4.87. The maximum absolute atomic E-state index is 13.5. The van der Waals surface area contributed by atoms with Gasteiger partial charge in [-0.25, -0.2) is 4.98 Å². The van der Waals surface area contributed by atoms with Crippen LogP contribution in [-0.2, 0) is 6.54 Å². The lowest BCUT2D eigenvalue weighted by molar-refractivity contribution is 0.252. The fraction of sp³-hybridized carbons (Fsp3) is 0.161. The standard InChI is InChI=1S/C31H25ClN4OS2/c32-23-8-6-21(7-9-23)29-18-27-30(39-29)31(37)36(20-33-27)25-10-11-28-22(16-25)17-26(38-28)19-34-12-14-35(15-13-34)24-4-2-1-3-5-24/h1-11,16-18,20H,12-15,19H2. The number of benzene rings is 3. The van der Waals surface area contributed by atoms with Crippen LogP contribution < -0.4 is 10.5 Å². The van der Waals surface area contributed by atoms with E-state index in [4.69, 9.17) is 11.6 Å². The van der Waals surface area contributed by atoms with Gasteiger partial charge in [-0.1, -0.05) is 41.9 Å². The monoisotopic (exact) mass is 568 g/mol. The van der Waals surface area contributed by atoms with Gasteiger partial charge < -0.3 is 4.90 Å². The van der Waals surface area contributed by atoms with E-state index in [1.54, 1.807) is 10.9 Å². The van der Waals surface area contributed by atoms with E-state index in [-0.39, 0.29) is 5.56 Å². The number of hydrogen-bond acceptors (Lipinski definition) is 6. The highest BCUT2D eigenvalue weighted by Crippen LogP contribution is 2.32. The summed E-state index contributed by atoms with van der Waals surface area (Å²) in [5.41, 5.74) is 3.85. The van der Waals surface area contributed by atoms with Gasteiger partial charge >= 0.3 is 0 Å². The molecule has 0 amide bonds. The number of hydrogen-bond donors (Lipinski definition) is 0. The molecule has 8 heteroatoms. The minimum absolute atomic E-state index is 0.0451. The van der Waals surface area contributed by atoms with Crippen molar-refractivity contribution in [3.8, 4) is 16.1 Å². The van der Waals surface area contributed by atoms with Crippen LogP contribution in [0.15, 0.2) is 96.1 Å². The summed E-state index contributed by atoms with van der Waals surface area (Å²) in [6, 6.07) is 28.8. The minimum atomic E-state index is -0.0451. The molecule has 3 aromatic heterocycles. The molecule has 0 spiro atoms. The van der Waals surface area contributed by atoms with E-state index in [0.29, 0.717) is 9.72 Å². The van der Waals surface area contributed by atoms with E-state index in [2.05, 4.69) is 63.3 Å². The molecule has 5 nitrogen and oxygen atoms in total. The van der Waals surface area contributed by atoms with Crippen LogP contribution in [0.2, 0.25) is 5.02 Å². The molecular formula is C31H25ClN4OS2. The van der Waals surface area contributed by atoms with Crippen molar-refractivity contribution >= 4 is 60.3 Å². The van der Waals surface area contributed by atoms with Crippen molar-refractivity contribution in [2.24, 2.45) is 0 Å². The molecule has 0 radical (unpaired) electrons. The number of thiophene rings is 2. The summed E-state index contributed by atoms with van der Waals surface area (Å²) < 4.78 is 3.55. The normalized spacial score (nSPS) is 14.4. The fourth-order valence-corrected chi connectivity index (χ4v) is 7.45. The largest absolute Gasteiger partial charge is 0.369 e. The number of nitrogens with zero attached hydrogens (tertiary/aromatic N) is 4. The van der Waals surface area contributed by atoms with Crippen LogP contribution >= 0.6 is 34.3 Å². The molecule has 194 valence electrons. The van der Waals surface area contributed by atoms with Gasteiger partial charge in [-0.2, -0.15) is 0 Å². The topological polar surface area (TPSA) is 41.4 Å². The number of halogens is 1. The molecule has 7 rings (SSSR count). The summed E-state index contributed by atoms with van der Waals surface area (Å²) >= 11 is 9.35. The van der Waals surface area contributed by atoms with Crippen LogP contribution in [-0.4, -0.2) is 40.6 Å². The predicted octanol–water partition coefficient (Wildman–Crippen LogP) is 7.30. The Bertz CT molecular complexity index is 1830. The Hall–Kier alpha value is -3.49. The molecule has 0 saturated carbocycles.